The van der Waals surface area contributed by atoms with Crippen molar-refractivity contribution in [2.45, 2.75) is 32.4 Å². The molecule has 0 amide bonds. The van der Waals surface area contributed by atoms with E-state index >= 15 is 0 Å². The van der Waals surface area contributed by atoms with Crippen LogP contribution in [0.3, 0.4) is 0 Å². The van der Waals surface area contributed by atoms with Crippen LogP contribution in [-0.2, 0) is 9.47 Å². The minimum Gasteiger partial charge on any atom is -0.382 e. The Bertz CT molecular complexity index is 248. The molecule has 6 heteroatoms. The Morgan fingerprint density at radius 1 is 1.71 bits per heavy atom. The van der Waals surface area contributed by atoms with Crippen LogP contribution in [0.4, 0.5) is 0 Å². The lowest BCUT2D eigenvalue weighted by Crippen LogP contribution is -2.47. The Hall–Kier alpha value is -0.850. The first kappa shape index (κ1) is 14.2. The molecule has 1 aliphatic rings. The van der Waals surface area contributed by atoms with Gasteiger partial charge in [0.1, 0.15) is 0 Å². The summed E-state index contributed by atoms with van der Waals surface area (Å²) in [4.78, 5) is 6.64. The maximum absolute atomic E-state index is 5.59. The summed E-state index contributed by atoms with van der Waals surface area (Å²) in [5, 5.41) is 0. The Morgan fingerprint density at radius 3 is 3.12 bits per heavy atom. The first-order chi connectivity index (χ1) is 8.17. The number of hydrazine groups is 1. The van der Waals surface area contributed by atoms with Gasteiger partial charge in [0.25, 0.3) is 0 Å². The summed E-state index contributed by atoms with van der Waals surface area (Å²) < 4.78 is 10.7. The van der Waals surface area contributed by atoms with Crippen molar-refractivity contribution in [3.05, 3.63) is 0 Å². The van der Waals surface area contributed by atoms with Crippen LogP contribution in [0.15, 0.2) is 4.99 Å². The van der Waals surface area contributed by atoms with Gasteiger partial charge in [-0.1, -0.05) is 0 Å². The van der Waals surface area contributed by atoms with Crippen molar-refractivity contribution in [3.8, 4) is 0 Å². The third kappa shape index (κ3) is 4.89. The molecule has 1 rings (SSSR count). The topological polar surface area (TPSA) is 72.1 Å². The maximum Gasteiger partial charge on any atom is 0.208 e. The van der Waals surface area contributed by atoms with Gasteiger partial charge in [0.2, 0.25) is 5.96 Å². The third-order valence-corrected chi connectivity index (χ3v) is 2.63. The summed E-state index contributed by atoms with van der Waals surface area (Å²) in [6.07, 6.45) is 1.19. The highest BCUT2D eigenvalue weighted by atomic mass is 16.5. The van der Waals surface area contributed by atoms with E-state index in [-0.39, 0.29) is 12.1 Å². The van der Waals surface area contributed by atoms with Crippen LogP contribution in [0.1, 0.15) is 20.3 Å². The van der Waals surface area contributed by atoms with E-state index in [2.05, 4.69) is 22.2 Å². The highest BCUT2D eigenvalue weighted by molar-refractivity contribution is 5.79. The fraction of sp³-hybridized carbons (Fsp3) is 0.909. The Morgan fingerprint density at radius 2 is 2.47 bits per heavy atom. The summed E-state index contributed by atoms with van der Waals surface area (Å²) in [5.41, 5.74) is 2.67. The van der Waals surface area contributed by atoms with Crippen LogP contribution in [0.2, 0.25) is 0 Å². The molecule has 1 fully saturated rings. The van der Waals surface area contributed by atoms with Crippen molar-refractivity contribution < 1.29 is 9.47 Å². The normalized spacial score (nSPS) is 24.4. The van der Waals surface area contributed by atoms with Crippen molar-refractivity contribution in [1.82, 2.24) is 10.3 Å². The number of hydrogen-bond acceptors (Lipinski definition) is 4. The average molecular weight is 244 g/mol. The molecule has 17 heavy (non-hydrogen) atoms. The van der Waals surface area contributed by atoms with E-state index < -0.39 is 0 Å². The van der Waals surface area contributed by atoms with Gasteiger partial charge in [-0.3, -0.25) is 5.43 Å². The molecule has 0 aromatic carbocycles. The molecular weight excluding hydrogens is 220 g/mol. The molecule has 0 aromatic rings. The third-order valence-electron chi connectivity index (χ3n) is 2.63. The Labute approximate surface area is 103 Å². The van der Waals surface area contributed by atoms with Gasteiger partial charge in [-0.05, 0) is 20.3 Å². The molecule has 100 valence electrons. The van der Waals surface area contributed by atoms with Gasteiger partial charge < -0.3 is 14.4 Å². The van der Waals surface area contributed by atoms with Crippen LogP contribution in [0.5, 0.6) is 0 Å². The number of nitrogens with two attached hydrogens (primary N) is 1. The van der Waals surface area contributed by atoms with Gasteiger partial charge >= 0.3 is 0 Å². The summed E-state index contributed by atoms with van der Waals surface area (Å²) in [5.74, 6) is 6.26. The molecule has 6 nitrogen and oxygen atoms in total. The van der Waals surface area contributed by atoms with Gasteiger partial charge in [-0.2, -0.15) is 0 Å². The number of methoxy groups -OCH3 is 1. The second kappa shape index (κ2) is 7.47. The number of guanidine groups is 1. The molecule has 0 radical (unpaired) electrons. The lowest BCUT2D eigenvalue weighted by atomic mass is 10.3. The van der Waals surface area contributed by atoms with Crippen molar-refractivity contribution in [2.24, 2.45) is 10.8 Å². The first-order valence-corrected chi connectivity index (χ1v) is 6.07. The number of aliphatic imine (C=N–C) groups is 1. The smallest absolute Gasteiger partial charge is 0.208 e. The molecule has 0 bridgehead atoms. The van der Waals surface area contributed by atoms with Crippen LogP contribution in [0, 0.1) is 0 Å². The number of nitrogens with zero attached hydrogens (tertiary/aromatic N) is 2. The van der Waals surface area contributed by atoms with E-state index in [1.807, 2.05) is 6.92 Å². The SMILES string of the molecule is COCC(C)N=C(NN)N1CCCOC(C)C1. The van der Waals surface area contributed by atoms with E-state index in [0.29, 0.717) is 12.6 Å². The van der Waals surface area contributed by atoms with Crippen molar-refractivity contribution in [1.29, 1.82) is 0 Å². The van der Waals surface area contributed by atoms with Gasteiger partial charge in [0.05, 0.1) is 18.8 Å². The monoisotopic (exact) mass is 244 g/mol. The predicted molar refractivity (Wildman–Crippen MR) is 67.7 cm³/mol. The molecule has 0 saturated carbocycles. The predicted octanol–water partition coefficient (Wildman–Crippen LogP) is -0.0486. The molecule has 0 spiro atoms. The van der Waals surface area contributed by atoms with Crippen LogP contribution >= 0.6 is 0 Å². The van der Waals surface area contributed by atoms with Gasteiger partial charge in [0.15, 0.2) is 0 Å². The molecule has 2 unspecified atom stereocenters. The lowest BCUT2D eigenvalue weighted by molar-refractivity contribution is 0.0740. The molecular formula is C11H24N4O2. The van der Waals surface area contributed by atoms with Crippen molar-refractivity contribution in [3.63, 3.8) is 0 Å². The summed E-state index contributed by atoms with van der Waals surface area (Å²) in [6, 6.07) is 0.0885. The highest BCUT2D eigenvalue weighted by Crippen LogP contribution is 2.06. The zero-order valence-corrected chi connectivity index (χ0v) is 11.0. The molecule has 0 aliphatic carbocycles. The zero-order chi connectivity index (χ0) is 12.7. The highest BCUT2D eigenvalue weighted by Gasteiger charge is 2.18. The summed E-state index contributed by atoms with van der Waals surface area (Å²) >= 11 is 0. The van der Waals surface area contributed by atoms with E-state index in [9.17, 15) is 0 Å². The minimum atomic E-state index is 0.0885. The van der Waals surface area contributed by atoms with Gasteiger partial charge in [0, 0.05) is 26.8 Å². The standard InChI is InChI=1S/C11H24N4O2/c1-9(8-16-3)13-11(14-12)15-5-4-6-17-10(2)7-15/h9-10H,4-8,12H2,1-3H3,(H,13,14). The van der Waals surface area contributed by atoms with E-state index in [1.54, 1.807) is 7.11 Å². The van der Waals surface area contributed by atoms with Crippen molar-refractivity contribution >= 4 is 5.96 Å². The van der Waals surface area contributed by atoms with Gasteiger partial charge in [-0.15, -0.1) is 0 Å². The molecule has 1 aliphatic heterocycles. The number of rotatable bonds is 3. The largest absolute Gasteiger partial charge is 0.382 e. The fourth-order valence-corrected chi connectivity index (χ4v) is 1.88. The van der Waals surface area contributed by atoms with Crippen LogP contribution < -0.4 is 11.3 Å². The van der Waals surface area contributed by atoms with Crippen LogP contribution in [0.25, 0.3) is 0 Å². The molecule has 3 N–H and O–H groups in total. The zero-order valence-electron chi connectivity index (χ0n) is 11.0. The van der Waals surface area contributed by atoms with Crippen molar-refractivity contribution in [2.75, 3.05) is 33.4 Å². The number of nitrogens with one attached hydrogen (secondary N) is 1. The Balaban J connectivity index is 2.63. The summed E-state index contributed by atoms with van der Waals surface area (Å²) in [7, 11) is 1.67. The maximum atomic E-state index is 5.59. The molecule has 1 saturated heterocycles. The van der Waals surface area contributed by atoms with Gasteiger partial charge in [-0.25, -0.2) is 10.8 Å². The molecule has 1 heterocycles. The Kier molecular flexibility index (Phi) is 6.25. The lowest BCUT2D eigenvalue weighted by Gasteiger charge is -2.25. The molecule has 0 aromatic heterocycles. The van der Waals surface area contributed by atoms with E-state index in [0.717, 1.165) is 26.1 Å². The quantitative estimate of drug-likeness (QED) is 0.315. The second-order valence-electron chi connectivity index (χ2n) is 4.38. The van der Waals surface area contributed by atoms with E-state index in [4.69, 9.17) is 15.3 Å². The second-order valence-corrected chi connectivity index (χ2v) is 4.38. The average Bonchev–Trinajstić information content (AvgIpc) is 2.51. The van der Waals surface area contributed by atoms with E-state index in [1.165, 1.54) is 0 Å². The minimum absolute atomic E-state index is 0.0885. The van der Waals surface area contributed by atoms with Crippen LogP contribution in [-0.4, -0.2) is 56.4 Å². The fourth-order valence-electron chi connectivity index (χ4n) is 1.88. The first-order valence-electron chi connectivity index (χ1n) is 6.07. The number of ether oxygens (including phenoxy) is 2. The molecule has 2 atom stereocenters. The number of hydrogen-bond donors (Lipinski definition) is 2. The summed E-state index contributed by atoms with van der Waals surface area (Å²) in [6.45, 7) is 7.16.